The van der Waals surface area contributed by atoms with Crippen LogP contribution in [0.3, 0.4) is 0 Å². The lowest BCUT2D eigenvalue weighted by molar-refractivity contribution is -0.216. The molecule has 0 radical (unpaired) electrons. The number of aromatic nitrogens is 1. The van der Waals surface area contributed by atoms with Gasteiger partial charge in [-0.2, -0.15) is 4.89 Å². The molecular formula is C7H8N2O3. The second-order valence-electron chi connectivity index (χ2n) is 1.98. The molecule has 0 aliphatic rings. The van der Waals surface area contributed by atoms with Gasteiger partial charge in [-0.3, -0.25) is 4.89 Å². The topological polar surface area (TPSA) is 74.4 Å². The average molecular weight is 168 g/mol. The van der Waals surface area contributed by atoms with Crippen LogP contribution in [0.15, 0.2) is 18.3 Å². The number of anilines is 1. The van der Waals surface area contributed by atoms with Crippen LogP contribution in [0.5, 0.6) is 0 Å². The lowest BCUT2D eigenvalue weighted by Crippen LogP contribution is -2.09. The Hall–Kier alpha value is -1.62. The minimum atomic E-state index is -0.699. The predicted molar refractivity (Wildman–Crippen MR) is 41.1 cm³/mol. The lowest BCUT2D eigenvalue weighted by Gasteiger charge is -2.00. The molecule has 5 heteroatoms. The highest BCUT2D eigenvalue weighted by Crippen LogP contribution is 2.07. The molecule has 0 aromatic carbocycles. The molecule has 0 spiro atoms. The minimum Gasteiger partial charge on any atom is -0.397 e. The third kappa shape index (κ3) is 1.70. The first kappa shape index (κ1) is 8.48. The monoisotopic (exact) mass is 168 g/mol. The van der Waals surface area contributed by atoms with Crippen molar-refractivity contribution in [3.63, 3.8) is 0 Å². The summed E-state index contributed by atoms with van der Waals surface area (Å²) in [4.78, 5) is 23.1. The van der Waals surface area contributed by atoms with Crippen molar-refractivity contribution < 1.29 is 14.6 Å². The summed E-state index contributed by atoms with van der Waals surface area (Å²) in [5, 5.41) is 0. The first-order chi connectivity index (χ1) is 5.75. The van der Waals surface area contributed by atoms with Gasteiger partial charge in [0, 0.05) is 6.20 Å². The maximum absolute atomic E-state index is 11.0. The van der Waals surface area contributed by atoms with E-state index in [-0.39, 0.29) is 11.4 Å². The van der Waals surface area contributed by atoms with Crippen molar-refractivity contribution >= 4 is 11.7 Å². The normalized spacial score (nSPS) is 9.42. The van der Waals surface area contributed by atoms with E-state index in [0.29, 0.717) is 0 Å². The van der Waals surface area contributed by atoms with Crippen molar-refractivity contribution in [3.05, 3.63) is 24.0 Å². The van der Waals surface area contributed by atoms with Gasteiger partial charge in [0.15, 0.2) is 5.69 Å². The minimum absolute atomic E-state index is 0.0550. The quantitative estimate of drug-likeness (QED) is 0.510. The van der Waals surface area contributed by atoms with Crippen LogP contribution in [0, 0.1) is 0 Å². The van der Waals surface area contributed by atoms with E-state index in [1.54, 1.807) is 12.1 Å². The molecule has 0 saturated heterocycles. The third-order valence-corrected chi connectivity index (χ3v) is 1.19. The number of hydrogen-bond acceptors (Lipinski definition) is 5. The zero-order chi connectivity index (χ0) is 8.97. The van der Waals surface area contributed by atoms with E-state index >= 15 is 0 Å². The van der Waals surface area contributed by atoms with Crippen LogP contribution in [-0.2, 0) is 9.78 Å². The van der Waals surface area contributed by atoms with E-state index in [1.165, 1.54) is 13.3 Å². The molecule has 12 heavy (non-hydrogen) atoms. The number of rotatable bonds is 2. The molecule has 1 aromatic rings. The van der Waals surface area contributed by atoms with Crippen molar-refractivity contribution in [2.45, 2.75) is 0 Å². The van der Waals surface area contributed by atoms with Gasteiger partial charge in [-0.25, -0.2) is 9.78 Å². The Morgan fingerprint density at radius 2 is 2.42 bits per heavy atom. The van der Waals surface area contributed by atoms with E-state index in [9.17, 15) is 4.79 Å². The van der Waals surface area contributed by atoms with Crippen LogP contribution < -0.4 is 5.73 Å². The predicted octanol–water partition coefficient (Wildman–Crippen LogP) is 0.382. The Morgan fingerprint density at radius 3 is 3.00 bits per heavy atom. The lowest BCUT2D eigenvalue weighted by atomic mass is 10.3. The Bertz CT molecular complexity index is 288. The zero-order valence-electron chi connectivity index (χ0n) is 6.48. The summed E-state index contributed by atoms with van der Waals surface area (Å²) < 4.78 is 0. The summed E-state index contributed by atoms with van der Waals surface area (Å²) in [6.45, 7) is 0. The van der Waals surface area contributed by atoms with E-state index in [1.807, 2.05) is 0 Å². The Labute approximate surface area is 69.0 Å². The van der Waals surface area contributed by atoms with E-state index in [4.69, 9.17) is 5.73 Å². The summed E-state index contributed by atoms with van der Waals surface area (Å²) in [6.07, 6.45) is 1.45. The second kappa shape index (κ2) is 3.68. The summed E-state index contributed by atoms with van der Waals surface area (Å²) in [6, 6.07) is 3.18. The van der Waals surface area contributed by atoms with Crippen LogP contribution >= 0.6 is 0 Å². The molecule has 0 aliphatic heterocycles. The van der Waals surface area contributed by atoms with Crippen molar-refractivity contribution in [2.75, 3.05) is 12.8 Å². The largest absolute Gasteiger partial charge is 0.397 e. The highest BCUT2D eigenvalue weighted by atomic mass is 17.2. The Balaban J connectivity index is 2.87. The number of nitrogen functional groups attached to an aromatic ring is 1. The van der Waals surface area contributed by atoms with Crippen LogP contribution in [0.25, 0.3) is 0 Å². The molecule has 0 fully saturated rings. The van der Waals surface area contributed by atoms with Crippen molar-refractivity contribution in [3.8, 4) is 0 Å². The fourth-order valence-corrected chi connectivity index (χ4v) is 0.703. The van der Waals surface area contributed by atoms with Crippen LogP contribution in [0.1, 0.15) is 10.5 Å². The first-order valence-corrected chi connectivity index (χ1v) is 3.21. The van der Waals surface area contributed by atoms with Gasteiger partial charge in [0.25, 0.3) is 0 Å². The standard InChI is InChI=1S/C7H8N2O3/c1-11-12-7(10)6-5(8)3-2-4-9-6/h2-4H,8H2,1H3. The fourth-order valence-electron chi connectivity index (χ4n) is 0.703. The highest BCUT2D eigenvalue weighted by Gasteiger charge is 2.12. The van der Waals surface area contributed by atoms with E-state index < -0.39 is 5.97 Å². The molecule has 0 unspecified atom stereocenters. The Kier molecular flexibility index (Phi) is 2.60. The summed E-state index contributed by atoms with van der Waals surface area (Å²) in [5.74, 6) is -0.699. The Morgan fingerprint density at radius 1 is 1.67 bits per heavy atom. The van der Waals surface area contributed by atoms with Crippen molar-refractivity contribution in [2.24, 2.45) is 0 Å². The number of carbonyl (C=O) groups is 1. The van der Waals surface area contributed by atoms with E-state index in [2.05, 4.69) is 14.8 Å². The molecule has 1 aromatic heterocycles. The average Bonchev–Trinajstić information content (AvgIpc) is 2.05. The number of nitrogens with two attached hydrogens (primary N) is 1. The van der Waals surface area contributed by atoms with Gasteiger partial charge in [-0.15, -0.1) is 0 Å². The van der Waals surface area contributed by atoms with Gasteiger partial charge in [0.1, 0.15) is 0 Å². The van der Waals surface area contributed by atoms with Crippen LogP contribution in [0.2, 0.25) is 0 Å². The number of carbonyl (C=O) groups excluding carboxylic acids is 1. The molecule has 64 valence electrons. The fraction of sp³-hybridized carbons (Fsp3) is 0.143. The number of nitrogens with zero attached hydrogens (tertiary/aromatic N) is 1. The maximum Gasteiger partial charge on any atom is 0.393 e. The maximum atomic E-state index is 11.0. The molecule has 0 saturated carbocycles. The van der Waals surface area contributed by atoms with Gasteiger partial charge < -0.3 is 5.73 Å². The SMILES string of the molecule is COOC(=O)c1ncccc1N. The van der Waals surface area contributed by atoms with Gasteiger partial charge in [0.2, 0.25) is 0 Å². The van der Waals surface area contributed by atoms with Crippen LogP contribution in [0.4, 0.5) is 5.69 Å². The molecule has 5 nitrogen and oxygen atoms in total. The van der Waals surface area contributed by atoms with Gasteiger partial charge >= 0.3 is 5.97 Å². The van der Waals surface area contributed by atoms with Gasteiger partial charge in [-0.1, -0.05) is 0 Å². The molecule has 1 rings (SSSR count). The van der Waals surface area contributed by atoms with E-state index in [0.717, 1.165) is 0 Å². The van der Waals surface area contributed by atoms with Crippen LogP contribution in [-0.4, -0.2) is 18.1 Å². The molecular weight excluding hydrogens is 160 g/mol. The molecule has 0 aliphatic carbocycles. The first-order valence-electron chi connectivity index (χ1n) is 3.21. The smallest absolute Gasteiger partial charge is 0.393 e. The van der Waals surface area contributed by atoms with Gasteiger partial charge in [0.05, 0.1) is 12.8 Å². The molecule has 0 atom stereocenters. The van der Waals surface area contributed by atoms with Crippen molar-refractivity contribution in [1.82, 2.24) is 4.98 Å². The summed E-state index contributed by atoms with van der Waals surface area (Å²) in [5.41, 5.74) is 5.75. The number of pyridine rings is 1. The number of hydrogen-bond donors (Lipinski definition) is 1. The third-order valence-electron chi connectivity index (χ3n) is 1.19. The summed E-state index contributed by atoms with van der Waals surface area (Å²) >= 11 is 0. The molecule has 0 bridgehead atoms. The van der Waals surface area contributed by atoms with Crippen molar-refractivity contribution in [1.29, 1.82) is 0 Å². The molecule has 0 amide bonds. The second-order valence-corrected chi connectivity index (χ2v) is 1.98. The molecule has 1 heterocycles. The summed E-state index contributed by atoms with van der Waals surface area (Å²) in [7, 11) is 1.23. The van der Waals surface area contributed by atoms with Gasteiger partial charge in [-0.05, 0) is 12.1 Å². The zero-order valence-corrected chi connectivity index (χ0v) is 6.48. The molecule has 2 N–H and O–H groups in total. The highest BCUT2D eigenvalue weighted by molar-refractivity contribution is 5.92.